The van der Waals surface area contributed by atoms with Crippen LogP contribution < -0.4 is 0 Å². The summed E-state index contributed by atoms with van der Waals surface area (Å²) in [6.45, 7) is 5.36. The van der Waals surface area contributed by atoms with Crippen molar-refractivity contribution < 1.29 is 4.79 Å². The normalized spacial score (nSPS) is 17.9. The Kier molecular flexibility index (Phi) is 3.26. The summed E-state index contributed by atoms with van der Waals surface area (Å²) in [5.74, 6) is 0.0253. The molecule has 0 N–H and O–H groups in total. The van der Waals surface area contributed by atoms with Gasteiger partial charge in [-0.05, 0) is 37.6 Å². The molecule has 0 saturated heterocycles. The van der Waals surface area contributed by atoms with E-state index >= 15 is 0 Å². The third kappa shape index (κ3) is 2.10. The summed E-state index contributed by atoms with van der Waals surface area (Å²) in [4.78, 5) is 18.6. The topological polar surface area (TPSA) is 38.1 Å². The molecule has 0 fully saturated rings. The molecular weight excluding hydrogens is 274 g/mol. The van der Waals surface area contributed by atoms with Crippen molar-refractivity contribution in [3.05, 3.63) is 52.6 Å². The first-order valence-electron chi connectivity index (χ1n) is 6.65. The van der Waals surface area contributed by atoms with Gasteiger partial charge in [0, 0.05) is 31.2 Å². The van der Waals surface area contributed by atoms with Gasteiger partial charge in [-0.3, -0.25) is 9.78 Å². The van der Waals surface area contributed by atoms with Crippen LogP contribution in [0.4, 0.5) is 0 Å². The Hall–Kier alpha value is -1.81. The fourth-order valence-electron chi connectivity index (χ4n) is 2.73. The van der Waals surface area contributed by atoms with Crippen LogP contribution in [-0.4, -0.2) is 26.9 Å². The zero-order valence-electron chi connectivity index (χ0n) is 11.5. The second-order valence-electron chi connectivity index (χ2n) is 5.16. The van der Waals surface area contributed by atoms with Gasteiger partial charge in [0.2, 0.25) is 0 Å². The van der Waals surface area contributed by atoms with Crippen molar-refractivity contribution in [1.82, 2.24) is 14.5 Å². The van der Waals surface area contributed by atoms with Gasteiger partial charge in [0.1, 0.15) is 5.15 Å². The van der Waals surface area contributed by atoms with Crippen LogP contribution in [0.15, 0.2) is 30.6 Å². The van der Waals surface area contributed by atoms with E-state index < -0.39 is 0 Å². The van der Waals surface area contributed by atoms with Gasteiger partial charge in [-0.2, -0.15) is 0 Å². The zero-order chi connectivity index (χ0) is 14.3. The molecule has 1 unspecified atom stereocenters. The number of aromatic nitrogens is 2. The van der Waals surface area contributed by atoms with E-state index in [-0.39, 0.29) is 11.9 Å². The number of rotatable bonds is 1. The van der Waals surface area contributed by atoms with Crippen LogP contribution in [0.2, 0.25) is 5.15 Å². The SMILES string of the molecule is Cc1cncc(C(=O)N2CCn3c(Cl)ccc3C2C)c1. The largest absolute Gasteiger partial charge is 0.332 e. The monoisotopic (exact) mass is 289 g/mol. The van der Waals surface area contributed by atoms with Crippen LogP contribution in [0.3, 0.4) is 0 Å². The van der Waals surface area contributed by atoms with Crippen molar-refractivity contribution in [3.8, 4) is 0 Å². The number of aryl methyl sites for hydroxylation is 1. The molecule has 1 aliphatic heterocycles. The van der Waals surface area contributed by atoms with Crippen molar-refractivity contribution >= 4 is 17.5 Å². The molecule has 0 aromatic carbocycles. The number of carbonyl (C=O) groups is 1. The predicted octanol–water partition coefficient (Wildman–Crippen LogP) is 3.06. The quantitative estimate of drug-likeness (QED) is 0.809. The van der Waals surface area contributed by atoms with Crippen LogP contribution in [0.25, 0.3) is 0 Å². The van der Waals surface area contributed by atoms with Gasteiger partial charge in [-0.1, -0.05) is 11.6 Å². The summed E-state index contributed by atoms with van der Waals surface area (Å²) in [5, 5.41) is 0.733. The van der Waals surface area contributed by atoms with Gasteiger partial charge in [0.15, 0.2) is 0 Å². The van der Waals surface area contributed by atoms with Crippen molar-refractivity contribution in [2.24, 2.45) is 0 Å². The third-order valence-corrected chi connectivity index (χ3v) is 4.13. The van der Waals surface area contributed by atoms with E-state index in [0.29, 0.717) is 12.1 Å². The van der Waals surface area contributed by atoms with Crippen molar-refractivity contribution in [2.75, 3.05) is 6.54 Å². The summed E-state index contributed by atoms with van der Waals surface area (Å²) in [7, 11) is 0. The van der Waals surface area contributed by atoms with Gasteiger partial charge < -0.3 is 9.47 Å². The van der Waals surface area contributed by atoms with Gasteiger partial charge >= 0.3 is 0 Å². The molecule has 0 saturated carbocycles. The molecule has 104 valence electrons. The van der Waals surface area contributed by atoms with E-state index in [0.717, 1.165) is 23.0 Å². The number of fused-ring (bicyclic) bond motifs is 1. The molecule has 0 radical (unpaired) electrons. The Labute approximate surface area is 123 Å². The number of hydrogen-bond acceptors (Lipinski definition) is 2. The Balaban J connectivity index is 1.91. The lowest BCUT2D eigenvalue weighted by Crippen LogP contribution is -2.40. The lowest BCUT2D eigenvalue weighted by Gasteiger charge is -2.35. The molecule has 1 amide bonds. The molecule has 0 aliphatic carbocycles. The van der Waals surface area contributed by atoms with Crippen molar-refractivity contribution in [1.29, 1.82) is 0 Å². The second kappa shape index (κ2) is 4.94. The molecule has 2 aromatic heterocycles. The van der Waals surface area contributed by atoms with Gasteiger partial charge in [-0.15, -0.1) is 0 Å². The van der Waals surface area contributed by atoms with E-state index in [2.05, 4.69) is 9.55 Å². The number of halogens is 1. The number of nitrogens with zero attached hydrogens (tertiary/aromatic N) is 3. The van der Waals surface area contributed by atoms with E-state index in [9.17, 15) is 4.79 Å². The zero-order valence-corrected chi connectivity index (χ0v) is 12.3. The Morgan fingerprint density at radius 3 is 2.90 bits per heavy atom. The Bertz CT molecular complexity index is 665. The summed E-state index contributed by atoms with van der Waals surface area (Å²) in [5.41, 5.74) is 2.71. The molecule has 4 nitrogen and oxygen atoms in total. The van der Waals surface area contributed by atoms with Crippen molar-refractivity contribution in [3.63, 3.8) is 0 Å². The average molecular weight is 290 g/mol. The van der Waals surface area contributed by atoms with E-state index in [1.807, 2.05) is 36.9 Å². The first-order valence-corrected chi connectivity index (χ1v) is 7.03. The van der Waals surface area contributed by atoms with Crippen LogP contribution in [0.5, 0.6) is 0 Å². The van der Waals surface area contributed by atoms with E-state index in [4.69, 9.17) is 11.6 Å². The maximum atomic E-state index is 12.6. The number of carbonyl (C=O) groups excluding carboxylic acids is 1. The predicted molar refractivity (Wildman–Crippen MR) is 77.9 cm³/mol. The number of hydrogen-bond donors (Lipinski definition) is 0. The summed E-state index contributed by atoms with van der Waals surface area (Å²) in [6.07, 6.45) is 3.38. The summed E-state index contributed by atoms with van der Waals surface area (Å²) >= 11 is 6.14. The fourth-order valence-corrected chi connectivity index (χ4v) is 2.98. The highest BCUT2D eigenvalue weighted by molar-refractivity contribution is 6.29. The third-order valence-electron chi connectivity index (χ3n) is 3.80. The number of amides is 1. The molecule has 0 bridgehead atoms. The van der Waals surface area contributed by atoms with Crippen molar-refractivity contribution in [2.45, 2.75) is 26.4 Å². The molecule has 1 aliphatic rings. The number of pyridine rings is 1. The molecule has 1 atom stereocenters. The van der Waals surface area contributed by atoms with Gasteiger partial charge in [0.05, 0.1) is 11.6 Å². The highest BCUT2D eigenvalue weighted by atomic mass is 35.5. The molecule has 20 heavy (non-hydrogen) atoms. The minimum absolute atomic E-state index is 0.0178. The lowest BCUT2D eigenvalue weighted by molar-refractivity contribution is 0.0643. The van der Waals surface area contributed by atoms with E-state index in [1.165, 1.54) is 0 Å². The average Bonchev–Trinajstić information content (AvgIpc) is 2.81. The first-order chi connectivity index (χ1) is 9.58. The molecule has 2 aromatic rings. The molecule has 5 heteroatoms. The van der Waals surface area contributed by atoms with Crippen LogP contribution in [0, 0.1) is 6.92 Å². The van der Waals surface area contributed by atoms with Gasteiger partial charge in [0.25, 0.3) is 5.91 Å². The minimum atomic E-state index is 0.0178. The standard InChI is InChI=1S/C15H16ClN3O/c1-10-7-12(9-17-8-10)15(20)18-5-6-19-13(11(18)2)3-4-14(19)16/h3-4,7-9,11H,5-6H2,1-2H3. The second-order valence-corrected chi connectivity index (χ2v) is 5.55. The smallest absolute Gasteiger partial charge is 0.256 e. The maximum Gasteiger partial charge on any atom is 0.256 e. The molecule has 3 heterocycles. The first kappa shape index (κ1) is 13.2. The highest BCUT2D eigenvalue weighted by Crippen LogP contribution is 2.30. The molecule has 0 spiro atoms. The summed E-state index contributed by atoms with van der Waals surface area (Å²) < 4.78 is 2.06. The van der Waals surface area contributed by atoms with Crippen LogP contribution in [-0.2, 0) is 6.54 Å². The van der Waals surface area contributed by atoms with E-state index in [1.54, 1.807) is 12.4 Å². The lowest BCUT2D eigenvalue weighted by atomic mass is 10.1. The van der Waals surface area contributed by atoms with Crippen LogP contribution >= 0.6 is 11.6 Å². The van der Waals surface area contributed by atoms with Crippen LogP contribution in [0.1, 0.15) is 34.6 Å². The Morgan fingerprint density at radius 1 is 1.35 bits per heavy atom. The fraction of sp³-hybridized carbons (Fsp3) is 0.333. The maximum absolute atomic E-state index is 12.6. The molecular formula is C15H16ClN3O. The summed E-state index contributed by atoms with van der Waals surface area (Å²) in [6, 6.07) is 5.77. The Morgan fingerprint density at radius 2 is 2.15 bits per heavy atom. The highest BCUT2D eigenvalue weighted by Gasteiger charge is 2.29. The molecule has 3 rings (SSSR count). The minimum Gasteiger partial charge on any atom is -0.332 e. The van der Waals surface area contributed by atoms with Gasteiger partial charge in [-0.25, -0.2) is 0 Å².